The zero-order chi connectivity index (χ0) is 111. The summed E-state index contributed by atoms with van der Waals surface area (Å²) >= 11 is 0. The number of methoxy groups -OCH3 is 7. The van der Waals surface area contributed by atoms with Crippen LogP contribution in [0.15, 0.2) is 0 Å². The molecule has 7 N–H and O–H groups in total. The Labute approximate surface area is 925 Å². The first-order chi connectivity index (χ1) is 69.5. The van der Waals surface area contributed by atoms with Crippen molar-refractivity contribution in [2.75, 3.05) is 175 Å². The van der Waals surface area contributed by atoms with Gasteiger partial charge in [0.15, 0.2) is 12.6 Å². The third-order valence-corrected chi connectivity index (χ3v) is 33.3. The van der Waals surface area contributed by atoms with Crippen molar-refractivity contribution in [3.8, 4) is 0 Å². The van der Waals surface area contributed by atoms with Crippen LogP contribution in [0.1, 0.15) is 261 Å². The molecule has 0 aromatic heterocycles. The van der Waals surface area contributed by atoms with Crippen LogP contribution in [-0.2, 0) is 109 Å². The highest BCUT2D eigenvalue weighted by molar-refractivity contribution is 6.10. The van der Waals surface area contributed by atoms with Gasteiger partial charge in [0.05, 0.1) is 107 Å². The number of carbonyl (C=O) groups is 3. The number of carbonyl (C=O) groups excluding carboxylic acids is 3. The molecule has 30 nitrogen and oxygen atoms in total. The number of ether oxygens (including phenoxy) is 20. The number of hydrogen-bond donors (Lipinski definition) is 7. The standard InChI is InChI=1S/2C10H20O3Si.C10H22O2Si.C9H20O2Si.C8H20O3Si.C8H18O2Si.C8H20OSi.2C7H18O3Si.C7H16O2Si.C7H18OSi.C6H16O3Si.C5H12O2Si/c1-7(11)13-10-3-2-8(4-5-14)6-9(10)12;1-7(11)13-10-6-8(4-5-14)2-3-9(10)12;1-11-9-4-3-8(5-6-13)7-10(9)12-2;1-11-9-6-7(4-5-12)2-3-8(9)10;1-9-6-8(10-2)7-11-4-3-5-12;11-7-3-6-10-8-4-1-2-5-9-8;1-4-8(2,3)9-6-5-7-10;1-9-5-7(8)6-10-3-2-4-11;1-9-7(5-8)6-10-3-2-4-11;10-6-2-5-9-7-3-1-4-8-7;1-7(2,3)8-5-4-6-9;7-4-6(8)5-9-2-1-3-10;1-5(6)7-3-2-4-8/h2*8-10,12H,2-6H2,1,14H3;8-10H,3-7H2,1-2,13H3;7-10H,2-6H2,1,12H3;8H,3-7H2,1-2,12H3;8H,1-7H2,11H3;4-7H2,1-3,10H3;2*7-8H,2-6H2,1,11H3;7H,1-6H2,10H3;4-6H2,1-3,9H3;6-8H,1-5H2,10H3;2-4H2,1,8H3. The van der Waals surface area contributed by atoms with Crippen molar-refractivity contribution in [3.05, 3.63) is 0 Å². The van der Waals surface area contributed by atoms with Crippen molar-refractivity contribution in [1.82, 2.24) is 0 Å². The molecule has 145 heavy (non-hydrogen) atoms. The Morgan fingerprint density at radius 2 is 0.703 bits per heavy atom. The van der Waals surface area contributed by atoms with E-state index in [0.29, 0.717) is 70.3 Å². The SMILES string of the molecule is CC(=O)OC1CC(CC[SiH3])CCC1O.CC(=O)OC1CCC(CC[SiH3])CC1O.CC(=O)OCCC[SiH3].CC(C)(C)OCCC[SiH3].CCC(C)(C)OCCC[SiH3].COC(CO)COCCC[SiH3].COC1CC(CC[SiH3])CCC1O.COC1CCC(CC[SiH3])CC1OC.COCC(COCCC[SiH3])OC.COCC(O)COCCC[SiH3].OCC(O)COCCC[SiH3].[SiH3]CCCOC1CCCCO1.[SiH3]CCCOC1CCCO1. The summed E-state index contributed by atoms with van der Waals surface area (Å²) < 4.78 is 104. The minimum Gasteiger partial charge on any atom is -0.466 e. The summed E-state index contributed by atoms with van der Waals surface area (Å²) in [7, 11) is 28.3. The topological polar surface area (TPSA) is 377 Å². The van der Waals surface area contributed by atoms with Crippen molar-refractivity contribution in [2.45, 2.75) is 437 Å². The van der Waals surface area contributed by atoms with Gasteiger partial charge in [0.1, 0.15) is 36.6 Å². The van der Waals surface area contributed by atoms with E-state index in [0.717, 1.165) is 168 Å². The second-order valence-corrected chi connectivity index (χ2v) is 53.2. The number of hydrogen-bond acceptors (Lipinski definition) is 30. The van der Waals surface area contributed by atoms with E-state index in [-0.39, 0.29) is 98.1 Å². The van der Waals surface area contributed by atoms with Crippen molar-refractivity contribution in [1.29, 1.82) is 0 Å². The lowest BCUT2D eigenvalue weighted by molar-refractivity contribution is -0.162. The first-order valence-corrected chi connectivity index (χ1v) is 75.6. The fraction of sp³-hybridized carbons (Fsp3) is 0.971. The molecule has 18 atom stereocenters. The van der Waals surface area contributed by atoms with E-state index in [9.17, 15) is 29.7 Å². The summed E-state index contributed by atoms with van der Waals surface area (Å²) in [6.45, 7) is 28.8. The van der Waals surface area contributed by atoms with Gasteiger partial charge in [-0.2, -0.15) is 0 Å². The van der Waals surface area contributed by atoms with Crippen LogP contribution < -0.4 is 0 Å². The fourth-order valence-electron chi connectivity index (χ4n) is 15.4. The van der Waals surface area contributed by atoms with Crippen LogP contribution in [0.5, 0.6) is 0 Å². The molecule has 0 bridgehead atoms. The maximum absolute atomic E-state index is 10.8. The first-order valence-electron chi connectivity index (χ1n) is 57.2. The average molecular weight is 2310 g/mol. The molecule has 4 aliphatic carbocycles. The molecular formula is C102H238O30Si13. The van der Waals surface area contributed by atoms with E-state index >= 15 is 0 Å². The Hall–Kier alpha value is 0.269. The number of esters is 3. The Kier molecular flexibility index (Phi) is 129. The van der Waals surface area contributed by atoms with Crippen LogP contribution in [0.2, 0.25) is 78.6 Å². The largest absolute Gasteiger partial charge is 0.466 e. The van der Waals surface area contributed by atoms with Gasteiger partial charge in [-0.05, 0) is 225 Å². The molecule has 878 valence electrons. The molecule has 0 amide bonds. The Balaban J connectivity index is -0.000000285. The summed E-state index contributed by atoms with van der Waals surface area (Å²) in [4.78, 5) is 31.6. The molecule has 0 aromatic carbocycles. The Morgan fingerprint density at radius 3 is 1.06 bits per heavy atom. The molecule has 6 aliphatic rings. The van der Waals surface area contributed by atoms with Gasteiger partial charge in [0.25, 0.3) is 0 Å². The van der Waals surface area contributed by atoms with Crippen LogP contribution in [0.25, 0.3) is 0 Å². The average Bonchev–Trinajstić information content (AvgIpc) is 1.06. The van der Waals surface area contributed by atoms with Crippen LogP contribution in [0, 0.1) is 23.7 Å². The second kappa shape index (κ2) is 118. The molecular weight excluding hydrogens is 2070 g/mol. The van der Waals surface area contributed by atoms with Gasteiger partial charge < -0.3 is 130 Å². The first kappa shape index (κ1) is 158. The fourth-order valence-corrected chi connectivity index (χ4v) is 21.2. The number of aliphatic hydroxyl groups is 7. The highest BCUT2D eigenvalue weighted by atomic mass is 28.2. The number of rotatable bonds is 60. The highest BCUT2D eigenvalue weighted by Crippen LogP contribution is 2.34. The van der Waals surface area contributed by atoms with E-state index < -0.39 is 24.4 Å². The molecule has 2 aliphatic heterocycles. The normalized spacial score (nSPS) is 22.5. The maximum atomic E-state index is 10.8. The Morgan fingerprint density at radius 1 is 0.345 bits per heavy atom. The monoisotopic (exact) mass is 2310 g/mol. The van der Waals surface area contributed by atoms with Gasteiger partial charge in [0.2, 0.25) is 0 Å². The quantitative estimate of drug-likeness (QED) is 0.0197. The molecule has 2 saturated heterocycles. The van der Waals surface area contributed by atoms with Crippen molar-refractivity contribution in [3.63, 3.8) is 0 Å². The van der Waals surface area contributed by atoms with Crippen molar-refractivity contribution >= 4 is 151 Å². The second-order valence-electron chi connectivity index (χ2n) is 40.2. The Bertz CT molecular complexity index is 2590. The summed E-state index contributed by atoms with van der Waals surface area (Å²) in [5.74, 6) is 2.29. The van der Waals surface area contributed by atoms with Gasteiger partial charge in [-0.25, -0.2) is 0 Å². The molecule has 43 heteroatoms. The predicted molar refractivity (Wildman–Crippen MR) is 645 cm³/mol. The smallest absolute Gasteiger partial charge is 0.302 e. The molecule has 0 aromatic rings. The van der Waals surface area contributed by atoms with Crippen LogP contribution in [-0.4, -0.2) is 459 Å². The lowest BCUT2D eigenvalue weighted by Gasteiger charge is -2.34. The molecule has 0 radical (unpaired) electrons. The predicted octanol–water partition coefficient (Wildman–Crippen LogP) is 1.65. The van der Waals surface area contributed by atoms with Gasteiger partial charge in [-0.15, -0.1) is 0 Å². The molecule has 4 saturated carbocycles. The lowest BCUT2D eigenvalue weighted by Crippen LogP contribution is -2.37. The van der Waals surface area contributed by atoms with Gasteiger partial charge in [-0.3, -0.25) is 14.4 Å². The molecule has 2 heterocycles. The van der Waals surface area contributed by atoms with E-state index in [1.54, 1.807) is 49.8 Å². The van der Waals surface area contributed by atoms with E-state index in [1.807, 2.05) is 0 Å². The zero-order valence-electron chi connectivity index (χ0n) is 99.0. The summed E-state index contributed by atoms with van der Waals surface area (Å²) in [5, 5.41) is 63.9. The van der Waals surface area contributed by atoms with Crippen molar-refractivity contribution < 1.29 is 145 Å². The van der Waals surface area contributed by atoms with E-state index in [2.05, 4.69) is 46.3 Å². The third-order valence-electron chi connectivity index (χ3n) is 24.7. The summed E-state index contributed by atoms with van der Waals surface area (Å²) in [5.41, 5.74) is 0.174. The third kappa shape index (κ3) is 112. The minimum atomic E-state index is -0.700. The highest BCUT2D eigenvalue weighted by Gasteiger charge is 2.34. The van der Waals surface area contributed by atoms with Crippen LogP contribution in [0.3, 0.4) is 0 Å². The lowest BCUT2D eigenvalue weighted by atomic mass is 9.83. The van der Waals surface area contributed by atoms with Crippen LogP contribution >= 0.6 is 0 Å². The maximum Gasteiger partial charge on any atom is 0.302 e. The zero-order valence-corrected chi connectivity index (χ0v) is 125. The van der Waals surface area contributed by atoms with Crippen LogP contribution in [0.4, 0.5) is 0 Å². The summed E-state index contributed by atoms with van der Waals surface area (Å²) in [6, 6.07) is 17.1. The summed E-state index contributed by atoms with van der Waals surface area (Å²) in [6.07, 6.45) is 33.2. The van der Waals surface area contributed by atoms with Crippen molar-refractivity contribution in [2.24, 2.45) is 23.7 Å². The van der Waals surface area contributed by atoms with E-state index in [1.165, 1.54) is 335 Å². The minimum absolute atomic E-state index is 0.0391. The molecule has 6 fully saturated rings. The van der Waals surface area contributed by atoms with Gasteiger partial charge in [-0.1, -0.05) is 111 Å². The molecule has 6 rings (SSSR count). The molecule has 18 unspecified atom stereocenters. The number of aliphatic hydroxyl groups excluding tert-OH is 7. The van der Waals surface area contributed by atoms with Gasteiger partial charge in [0, 0.05) is 276 Å². The van der Waals surface area contributed by atoms with Gasteiger partial charge >= 0.3 is 17.9 Å². The van der Waals surface area contributed by atoms with E-state index in [4.69, 9.17) is 110 Å². The molecule has 0 spiro atoms.